The summed E-state index contributed by atoms with van der Waals surface area (Å²) < 4.78 is 46.0. The minimum absolute atomic E-state index is 0.00272. The number of carboxylic acid groups (broad SMARTS) is 1. The molecule has 0 aliphatic carbocycles. The molecule has 13 nitrogen and oxygen atoms in total. The third-order valence-electron chi connectivity index (χ3n) is 8.48. The highest BCUT2D eigenvalue weighted by Gasteiger charge is 2.44. The molecule has 0 saturated carbocycles. The fourth-order valence-corrected chi connectivity index (χ4v) is 7.48. The Morgan fingerprint density at radius 1 is 1.15 bits per heavy atom. The number of nitrogens with one attached hydrogen (secondary N) is 1. The molecule has 254 valence electrons. The van der Waals surface area contributed by atoms with Gasteiger partial charge in [-0.05, 0) is 60.9 Å². The normalized spacial score (nSPS) is 21.0. The Morgan fingerprint density at radius 2 is 1.85 bits per heavy atom. The van der Waals surface area contributed by atoms with Crippen molar-refractivity contribution in [3.8, 4) is 0 Å². The summed E-state index contributed by atoms with van der Waals surface area (Å²) in [5, 5.41) is 25.5. The van der Waals surface area contributed by atoms with Gasteiger partial charge in [0.25, 0.3) is 0 Å². The number of anilines is 1. The molecule has 14 heteroatoms. The van der Waals surface area contributed by atoms with Gasteiger partial charge in [0.15, 0.2) is 6.29 Å². The highest BCUT2D eigenvalue weighted by molar-refractivity contribution is 7.89. The molecule has 0 aromatic heterocycles. The lowest BCUT2D eigenvalue weighted by Gasteiger charge is -2.35. The molecule has 2 aromatic carbocycles. The number of hydrogen-bond acceptors (Lipinski definition) is 10. The lowest BCUT2D eigenvalue weighted by Crippen LogP contribution is -2.52. The number of alkyl carbamates (subject to hydrolysis) is 1. The van der Waals surface area contributed by atoms with Gasteiger partial charge in [-0.3, -0.25) is 0 Å². The highest BCUT2D eigenvalue weighted by atomic mass is 32.2. The van der Waals surface area contributed by atoms with Crippen LogP contribution in [0.15, 0.2) is 59.5 Å². The number of nitrogens with zero attached hydrogens (tertiary/aromatic N) is 2. The molecule has 0 unspecified atom stereocenters. The van der Waals surface area contributed by atoms with E-state index >= 15 is 0 Å². The van der Waals surface area contributed by atoms with Crippen molar-refractivity contribution in [1.29, 1.82) is 0 Å². The van der Waals surface area contributed by atoms with Gasteiger partial charge in [-0.25, -0.2) is 13.2 Å². The van der Waals surface area contributed by atoms with E-state index < -0.39 is 52.2 Å². The second-order valence-corrected chi connectivity index (χ2v) is 14.7. The average molecular weight is 662 g/mol. The number of fused-ring (bicyclic) bond motifs is 1. The van der Waals surface area contributed by atoms with Gasteiger partial charge in [-0.1, -0.05) is 44.2 Å². The summed E-state index contributed by atoms with van der Waals surface area (Å²) in [6.45, 7) is 4.39. The number of sulfonamides is 1. The van der Waals surface area contributed by atoms with Crippen LogP contribution in [0.2, 0.25) is 0 Å². The lowest BCUT2D eigenvalue weighted by atomic mass is 9.87. The van der Waals surface area contributed by atoms with Crippen LogP contribution < -0.4 is 16.2 Å². The third kappa shape index (κ3) is 9.55. The Morgan fingerprint density at radius 3 is 2.52 bits per heavy atom. The Balaban J connectivity index is 1.54. The number of benzene rings is 2. The summed E-state index contributed by atoms with van der Waals surface area (Å²) in [4.78, 5) is 25.3. The maximum Gasteiger partial charge on any atom is 0.407 e. The van der Waals surface area contributed by atoms with Gasteiger partial charge in [0.05, 0.1) is 36.2 Å². The number of nitrogens with two attached hydrogens (primary N) is 1. The average Bonchev–Trinajstić information content (AvgIpc) is 3.62. The molecule has 4 rings (SSSR count). The molecule has 2 heterocycles. The Labute approximate surface area is 270 Å². The molecule has 46 heavy (non-hydrogen) atoms. The minimum Gasteiger partial charge on any atom is -0.530 e. The summed E-state index contributed by atoms with van der Waals surface area (Å²) in [5.74, 6) is -0.0717. The van der Waals surface area contributed by atoms with Gasteiger partial charge < -0.3 is 45.2 Å². The van der Waals surface area contributed by atoms with E-state index in [1.165, 1.54) is 35.6 Å². The fraction of sp³-hybridized carbons (Fsp3) is 0.562. The zero-order valence-electron chi connectivity index (χ0n) is 26.5. The number of hydrogen-bond donors (Lipinski definition) is 3. The molecule has 2 aromatic rings. The van der Waals surface area contributed by atoms with E-state index in [4.69, 9.17) is 19.9 Å². The second-order valence-electron chi connectivity index (χ2n) is 12.8. The number of amides is 2. The van der Waals surface area contributed by atoms with Crippen LogP contribution >= 0.6 is 0 Å². The van der Waals surface area contributed by atoms with Gasteiger partial charge in [-0.15, -0.1) is 0 Å². The monoisotopic (exact) mass is 661 g/mol. The number of aliphatic hydroxyl groups is 1. The van der Waals surface area contributed by atoms with Crippen LogP contribution in [0.25, 0.3) is 0 Å². The predicted molar refractivity (Wildman–Crippen MR) is 168 cm³/mol. The van der Waals surface area contributed by atoms with Crippen molar-refractivity contribution in [2.24, 2.45) is 11.3 Å². The van der Waals surface area contributed by atoms with E-state index in [1.807, 2.05) is 44.2 Å². The van der Waals surface area contributed by atoms with E-state index in [2.05, 4.69) is 5.32 Å². The van der Waals surface area contributed by atoms with Gasteiger partial charge in [0.1, 0.15) is 12.2 Å². The zero-order chi connectivity index (χ0) is 33.5. The van der Waals surface area contributed by atoms with Gasteiger partial charge in [-0.2, -0.15) is 4.31 Å². The largest absolute Gasteiger partial charge is 0.530 e. The second kappa shape index (κ2) is 15.4. The predicted octanol–water partition coefficient (Wildman–Crippen LogP) is 1.80. The first-order valence-electron chi connectivity index (χ1n) is 15.5. The number of ether oxygens (including phenoxy) is 3. The molecule has 2 saturated heterocycles. The SMILES string of the molecule is CN(CCCC(C)(C)CN(C[C@@H](O)[C@H](Cc1ccccc1)NC(=O)O[C@H]1CO[C@H]2OCC[C@H]21)S(=O)(=O)c1ccc(N)cc1)C(=O)[O-]. The van der Waals surface area contributed by atoms with E-state index in [0.717, 1.165) is 10.5 Å². The van der Waals surface area contributed by atoms with E-state index in [9.17, 15) is 28.2 Å². The van der Waals surface area contributed by atoms with Crippen LogP contribution in [0.5, 0.6) is 0 Å². The van der Waals surface area contributed by atoms with E-state index in [-0.39, 0.29) is 43.5 Å². The number of rotatable bonds is 15. The molecule has 2 fully saturated rings. The van der Waals surface area contributed by atoms with Gasteiger partial charge >= 0.3 is 6.09 Å². The van der Waals surface area contributed by atoms with Crippen LogP contribution in [-0.2, 0) is 30.7 Å². The van der Waals surface area contributed by atoms with Crippen molar-refractivity contribution in [2.75, 3.05) is 45.6 Å². The Bertz CT molecular complexity index is 1410. The molecular formula is C32H45N4O9S-. The molecule has 0 spiro atoms. The number of carbonyl (C=O) groups excluding carboxylic acids is 2. The van der Waals surface area contributed by atoms with Crippen molar-refractivity contribution < 1.29 is 42.4 Å². The van der Waals surface area contributed by atoms with Crippen LogP contribution in [-0.4, -0.2) is 99.4 Å². The topological polar surface area (TPSA) is 184 Å². The van der Waals surface area contributed by atoms with Crippen LogP contribution in [0.3, 0.4) is 0 Å². The van der Waals surface area contributed by atoms with Crippen molar-refractivity contribution in [3.05, 3.63) is 60.2 Å². The van der Waals surface area contributed by atoms with E-state index in [0.29, 0.717) is 31.6 Å². The minimum atomic E-state index is -4.14. The first-order chi connectivity index (χ1) is 21.7. The first kappa shape index (κ1) is 35.4. The lowest BCUT2D eigenvalue weighted by molar-refractivity contribution is -0.264. The van der Waals surface area contributed by atoms with Crippen molar-refractivity contribution >= 4 is 27.9 Å². The molecule has 5 atom stereocenters. The highest BCUT2D eigenvalue weighted by Crippen LogP contribution is 2.33. The van der Waals surface area contributed by atoms with Crippen molar-refractivity contribution in [3.63, 3.8) is 0 Å². The van der Waals surface area contributed by atoms with Gasteiger partial charge in [0, 0.05) is 32.4 Å². The maximum absolute atomic E-state index is 14.0. The molecule has 2 aliphatic heterocycles. The van der Waals surface area contributed by atoms with Crippen molar-refractivity contribution in [2.45, 2.75) is 69.0 Å². The zero-order valence-corrected chi connectivity index (χ0v) is 27.4. The molecule has 0 radical (unpaired) electrons. The number of nitrogen functional groups attached to an aromatic ring is 1. The first-order valence-corrected chi connectivity index (χ1v) is 16.9. The number of carbonyl (C=O) groups is 2. The summed E-state index contributed by atoms with van der Waals surface area (Å²) in [6.07, 6.45) is -2.40. The number of aliphatic hydroxyl groups excluding tert-OH is 1. The molecular weight excluding hydrogens is 616 g/mol. The van der Waals surface area contributed by atoms with Crippen LogP contribution in [0.1, 0.15) is 38.7 Å². The van der Waals surface area contributed by atoms with Crippen LogP contribution in [0.4, 0.5) is 15.3 Å². The molecule has 2 amide bonds. The maximum atomic E-state index is 14.0. The fourth-order valence-electron chi connectivity index (χ4n) is 5.84. The summed E-state index contributed by atoms with van der Waals surface area (Å²) in [7, 11) is -2.72. The Hall–Kier alpha value is -3.43. The Kier molecular flexibility index (Phi) is 11.9. The third-order valence-corrected chi connectivity index (χ3v) is 10.3. The summed E-state index contributed by atoms with van der Waals surface area (Å²) in [5.41, 5.74) is 6.42. The molecule has 2 aliphatic rings. The summed E-state index contributed by atoms with van der Waals surface area (Å²) >= 11 is 0. The van der Waals surface area contributed by atoms with E-state index in [1.54, 1.807) is 0 Å². The smallest absolute Gasteiger partial charge is 0.407 e. The van der Waals surface area contributed by atoms with Crippen molar-refractivity contribution in [1.82, 2.24) is 14.5 Å². The quantitative estimate of drug-likeness (QED) is 0.238. The van der Waals surface area contributed by atoms with Crippen LogP contribution in [0, 0.1) is 11.3 Å². The van der Waals surface area contributed by atoms with Gasteiger partial charge in [0.2, 0.25) is 10.0 Å². The molecule has 0 bridgehead atoms. The summed E-state index contributed by atoms with van der Waals surface area (Å²) in [6, 6.07) is 14.1. The molecule has 4 N–H and O–H groups in total. The standard InChI is InChI=1S/C32H46N4O9S/c1-32(2,15-7-16-35(3)31(39)40)21-36(46(41,42)24-12-10-23(33)11-13-24)19-27(37)26(18-22-8-5-4-6-9-22)34-30(38)45-28-20-44-29-25(28)14-17-43-29/h4-6,8-13,25-29,37H,7,14-21,33H2,1-3H3,(H,34,38)(H,39,40)/p-1/t25-,26-,27+,28-,29+/m0/s1.